The predicted octanol–water partition coefficient (Wildman–Crippen LogP) is 3.36. The SMILES string of the molecule is CCc1ccc(CC(=O)N(Cc2ccccn2)C2CCCNCC2)cc1. The first-order valence-corrected chi connectivity index (χ1v) is 9.74. The largest absolute Gasteiger partial charge is 0.333 e. The van der Waals surface area contributed by atoms with E-state index in [2.05, 4.69) is 46.4 Å². The van der Waals surface area contributed by atoms with Crippen molar-refractivity contribution in [3.8, 4) is 0 Å². The Bertz CT molecular complexity index is 676. The summed E-state index contributed by atoms with van der Waals surface area (Å²) in [7, 11) is 0. The number of hydrogen-bond acceptors (Lipinski definition) is 3. The van der Waals surface area contributed by atoms with Gasteiger partial charge in [-0.2, -0.15) is 0 Å². The molecule has 0 spiro atoms. The van der Waals surface area contributed by atoms with Gasteiger partial charge >= 0.3 is 0 Å². The summed E-state index contributed by atoms with van der Waals surface area (Å²) in [6.07, 6.45) is 6.46. The van der Waals surface area contributed by atoms with E-state index in [1.807, 2.05) is 18.2 Å². The van der Waals surface area contributed by atoms with Gasteiger partial charge in [0.25, 0.3) is 0 Å². The summed E-state index contributed by atoms with van der Waals surface area (Å²) in [5.41, 5.74) is 3.35. The lowest BCUT2D eigenvalue weighted by Gasteiger charge is -2.31. The maximum atomic E-state index is 13.2. The summed E-state index contributed by atoms with van der Waals surface area (Å²) < 4.78 is 0. The van der Waals surface area contributed by atoms with Crippen LogP contribution in [0.1, 0.15) is 43.0 Å². The van der Waals surface area contributed by atoms with Crippen molar-refractivity contribution >= 4 is 5.91 Å². The van der Waals surface area contributed by atoms with Crippen LogP contribution in [0.5, 0.6) is 0 Å². The zero-order valence-corrected chi connectivity index (χ0v) is 15.7. The normalized spacial score (nSPS) is 17.5. The van der Waals surface area contributed by atoms with E-state index in [4.69, 9.17) is 0 Å². The average molecular weight is 351 g/mol. The summed E-state index contributed by atoms with van der Waals surface area (Å²) in [4.78, 5) is 19.7. The minimum atomic E-state index is 0.201. The minimum Gasteiger partial charge on any atom is -0.333 e. The highest BCUT2D eigenvalue weighted by atomic mass is 16.2. The van der Waals surface area contributed by atoms with E-state index in [1.54, 1.807) is 6.20 Å². The van der Waals surface area contributed by atoms with Gasteiger partial charge in [-0.15, -0.1) is 0 Å². The molecular formula is C22H29N3O. The maximum absolute atomic E-state index is 13.2. The lowest BCUT2D eigenvalue weighted by molar-refractivity contribution is -0.133. The van der Waals surface area contributed by atoms with Crippen molar-refractivity contribution in [1.82, 2.24) is 15.2 Å². The monoisotopic (exact) mass is 351 g/mol. The Kier molecular flexibility index (Phi) is 6.78. The van der Waals surface area contributed by atoms with Crippen LogP contribution in [0.3, 0.4) is 0 Å². The molecular weight excluding hydrogens is 322 g/mol. The van der Waals surface area contributed by atoms with Crippen molar-refractivity contribution in [2.45, 2.75) is 51.6 Å². The fraction of sp³-hybridized carbons (Fsp3) is 0.455. The van der Waals surface area contributed by atoms with Crippen LogP contribution in [-0.2, 0) is 24.2 Å². The van der Waals surface area contributed by atoms with Crippen LogP contribution < -0.4 is 5.32 Å². The Morgan fingerprint density at radius 3 is 2.65 bits per heavy atom. The Labute approximate surface area is 156 Å². The molecule has 4 nitrogen and oxygen atoms in total. The number of aryl methyl sites for hydroxylation is 1. The number of pyridine rings is 1. The summed E-state index contributed by atoms with van der Waals surface area (Å²) in [5, 5.41) is 3.44. The van der Waals surface area contributed by atoms with Gasteiger partial charge in [-0.25, -0.2) is 0 Å². The van der Waals surface area contributed by atoms with Gasteiger partial charge in [0.1, 0.15) is 0 Å². The molecule has 1 saturated heterocycles. The molecule has 2 heterocycles. The Hall–Kier alpha value is -2.20. The molecule has 0 radical (unpaired) electrons. The van der Waals surface area contributed by atoms with Crippen LogP contribution in [0.4, 0.5) is 0 Å². The first-order valence-electron chi connectivity index (χ1n) is 9.74. The number of aromatic nitrogens is 1. The second kappa shape index (κ2) is 9.48. The van der Waals surface area contributed by atoms with Gasteiger partial charge in [0.05, 0.1) is 18.7 Å². The van der Waals surface area contributed by atoms with E-state index in [1.165, 1.54) is 5.56 Å². The number of carbonyl (C=O) groups is 1. The van der Waals surface area contributed by atoms with Gasteiger partial charge in [0.15, 0.2) is 0 Å². The van der Waals surface area contributed by atoms with Gasteiger partial charge in [-0.05, 0) is 62.0 Å². The second-order valence-corrected chi connectivity index (χ2v) is 7.02. The Balaban J connectivity index is 1.74. The van der Waals surface area contributed by atoms with Crippen LogP contribution in [0, 0.1) is 0 Å². The molecule has 1 aliphatic rings. The van der Waals surface area contributed by atoms with E-state index in [0.29, 0.717) is 13.0 Å². The van der Waals surface area contributed by atoms with E-state index >= 15 is 0 Å². The third kappa shape index (κ3) is 5.15. The molecule has 0 saturated carbocycles. The second-order valence-electron chi connectivity index (χ2n) is 7.02. The van der Waals surface area contributed by atoms with Gasteiger partial charge in [0, 0.05) is 12.2 Å². The molecule has 2 aromatic rings. The molecule has 1 aromatic heterocycles. The average Bonchev–Trinajstić information content (AvgIpc) is 2.97. The highest BCUT2D eigenvalue weighted by molar-refractivity contribution is 5.79. The lowest BCUT2D eigenvalue weighted by atomic mass is 10.0. The number of hydrogen-bond donors (Lipinski definition) is 1. The molecule has 1 amide bonds. The summed E-state index contributed by atoms with van der Waals surface area (Å²) >= 11 is 0. The topological polar surface area (TPSA) is 45.2 Å². The molecule has 1 aromatic carbocycles. The molecule has 138 valence electrons. The lowest BCUT2D eigenvalue weighted by Crippen LogP contribution is -2.41. The molecule has 1 aliphatic heterocycles. The standard InChI is InChI=1S/C22H29N3O/c1-2-18-8-10-19(11-9-18)16-22(26)25(17-20-6-3-4-14-24-20)21-7-5-13-23-15-12-21/h3-4,6,8-11,14,21,23H,2,5,7,12-13,15-17H2,1H3. The fourth-order valence-corrected chi connectivity index (χ4v) is 3.57. The fourth-order valence-electron chi connectivity index (χ4n) is 3.57. The molecule has 1 N–H and O–H groups in total. The van der Waals surface area contributed by atoms with Crippen LogP contribution >= 0.6 is 0 Å². The Morgan fingerprint density at radius 1 is 1.12 bits per heavy atom. The highest BCUT2D eigenvalue weighted by Crippen LogP contribution is 2.18. The van der Waals surface area contributed by atoms with E-state index in [9.17, 15) is 4.79 Å². The molecule has 1 atom stereocenters. The molecule has 26 heavy (non-hydrogen) atoms. The van der Waals surface area contributed by atoms with Crippen molar-refractivity contribution in [2.75, 3.05) is 13.1 Å². The zero-order valence-electron chi connectivity index (χ0n) is 15.7. The van der Waals surface area contributed by atoms with Crippen molar-refractivity contribution in [3.63, 3.8) is 0 Å². The van der Waals surface area contributed by atoms with Crippen LogP contribution in [0.25, 0.3) is 0 Å². The third-order valence-corrected chi connectivity index (χ3v) is 5.15. The molecule has 1 unspecified atom stereocenters. The van der Waals surface area contributed by atoms with Crippen LogP contribution in [-0.4, -0.2) is 34.9 Å². The van der Waals surface area contributed by atoms with Gasteiger partial charge < -0.3 is 10.2 Å². The van der Waals surface area contributed by atoms with E-state index in [-0.39, 0.29) is 11.9 Å². The number of rotatable bonds is 6. The Morgan fingerprint density at radius 2 is 1.92 bits per heavy atom. The third-order valence-electron chi connectivity index (χ3n) is 5.15. The molecule has 0 aliphatic carbocycles. The summed E-state index contributed by atoms with van der Waals surface area (Å²) in [6.45, 7) is 4.76. The molecule has 3 rings (SSSR count). The molecule has 1 fully saturated rings. The van der Waals surface area contributed by atoms with Crippen molar-refractivity contribution < 1.29 is 4.79 Å². The van der Waals surface area contributed by atoms with Gasteiger partial charge in [0.2, 0.25) is 5.91 Å². The van der Waals surface area contributed by atoms with Crippen molar-refractivity contribution in [2.24, 2.45) is 0 Å². The quantitative estimate of drug-likeness (QED) is 0.868. The van der Waals surface area contributed by atoms with Crippen LogP contribution in [0.15, 0.2) is 48.7 Å². The number of nitrogens with one attached hydrogen (secondary N) is 1. The first-order chi connectivity index (χ1) is 12.8. The summed E-state index contributed by atoms with van der Waals surface area (Å²) in [6, 6.07) is 14.6. The smallest absolute Gasteiger partial charge is 0.227 e. The van der Waals surface area contributed by atoms with Crippen molar-refractivity contribution in [1.29, 1.82) is 0 Å². The summed E-state index contributed by atoms with van der Waals surface area (Å²) in [5.74, 6) is 0.201. The number of nitrogens with zero attached hydrogens (tertiary/aromatic N) is 2. The number of carbonyl (C=O) groups excluding carboxylic acids is 1. The van der Waals surface area contributed by atoms with Gasteiger partial charge in [-0.1, -0.05) is 37.3 Å². The van der Waals surface area contributed by atoms with Crippen molar-refractivity contribution in [3.05, 3.63) is 65.5 Å². The predicted molar refractivity (Wildman–Crippen MR) is 105 cm³/mol. The van der Waals surface area contributed by atoms with Crippen LogP contribution in [0.2, 0.25) is 0 Å². The number of amides is 1. The zero-order chi connectivity index (χ0) is 18.2. The van der Waals surface area contributed by atoms with E-state index < -0.39 is 0 Å². The highest BCUT2D eigenvalue weighted by Gasteiger charge is 2.25. The van der Waals surface area contributed by atoms with E-state index in [0.717, 1.165) is 50.0 Å². The molecule has 4 heteroatoms. The molecule has 0 bridgehead atoms. The number of benzene rings is 1. The first kappa shape index (κ1) is 18.6. The maximum Gasteiger partial charge on any atom is 0.227 e. The minimum absolute atomic E-state index is 0.201. The van der Waals surface area contributed by atoms with Gasteiger partial charge in [-0.3, -0.25) is 9.78 Å².